The maximum Gasteiger partial charge on any atom is 0.332 e. The van der Waals surface area contributed by atoms with Crippen molar-refractivity contribution in [3.8, 4) is 11.3 Å². The summed E-state index contributed by atoms with van der Waals surface area (Å²) in [6.07, 6.45) is 2.92. The molecule has 0 unspecified atom stereocenters. The Balaban J connectivity index is 1.93. The van der Waals surface area contributed by atoms with Gasteiger partial charge in [-0.1, -0.05) is 29.8 Å². The van der Waals surface area contributed by atoms with Crippen LogP contribution >= 0.6 is 0 Å². The van der Waals surface area contributed by atoms with Crippen LogP contribution in [0.5, 0.6) is 0 Å². The summed E-state index contributed by atoms with van der Waals surface area (Å²) in [4.78, 5) is 29.9. The SMILES string of the molecule is Cc1ccc(-c2cn3c4c(=O)n(C)c(=O)n(C)c4nc3n2CCCOC(C)C)cc1. The van der Waals surface area contributed by atoms with Crippen molar-refractivity contribution in [2.24, 2.45) is 14.1 Å². The van der Waals surface area contributed by atoms with Crippen molar-refractivity contribution in [2.75, 3.05) is 6.61 Å². The predicted molar refractivity (Wildman–Crippen MR) is 117 cm³/mol. The van der Waals surface area contributed by atoms with Gasteiger partial charge in [0, 0.05) is 33.4 Å². The second-order valence-electron chi connectivity index (χ2n) is 7.96. The van der Waals surface area contributed by atoms with E-state index in [4.69, 9.17) is 4.74 Å². The van der Waals surface area contributed by atoms with Crippen LogP contribution in [0.4, 0.5) is 0 Å². The Kier molecular flexibility index (Phi) is 5.11. The van der Waals surface area contributed by atoms with Crippen molar-refractivity contribution in [2.45, 2.75) is 39.8 Å². The van der Waals surface area contributed by atoms with Gasteiger partial charge in [0.1, 0.15) is 0 Å². The fraction of sp³-hybridized carbons (Fsp3) is 0.409. The highest BCUT2D eigenvalue weighted by atomic mass is 16.5. The molecule has 3 aromatic heterocycles. The zero-order valence-corrected chi connectivity index (χ0v) is 18.0. The van der Waals surface area contributed by atoms with Crippen molar-refractivity contribution < 1.29 is 4.74 Å². The minimum absolute atomic E-state index is 0.179. The molecule has 0 saturated heterocycles. The standard InChI is InChI=1S/C22H27N5O3/c1-14(2)30-12-6-11-26-17(16-9-7-15(3)8-10-16)13-27-18-19(23-21(26)27)24(4)22(29)25(5)20(18)28/h7-10,13-14H,6,11-12H2,1-5H3. The lowest BCUT2D eigenvalue weighted by Crippen LogP contribution is -2.37. The third-order valence-corrected chi connectivity index (χ3v) is 5.38. The van der Waals surface area contributed by atoms with Gasteiger partial charge in [-0.2, -0.15) is 4.98 Å². The second-order valence-corrected chi connectivity index (χ2v) is 7.96. The minimum atomic E-state index is -0.385. The molecule has 0 amide bonds. The van der Waals surface area contributed by atoms with Crippen LogP contribution < -0.4 is 11.2 Å². The van der Waals surface area contributed by atoms with Crippen LogP contribution in [0.1, 0.15) is 25.8 Å². The topological polar surface area (TPSA) is 75.5 Å². The van der Waals surface area contributed by atoms with Gasteiger partial charge in [-0.15, -0.1) is 0 Å². The normalized spacial score (nSPS) is 11.9. The van der Waals surface area contributed by atoms with Crippen molar-refractivity contribution in [1.29, 1.82) is 0 Å². The number of hydrogen-bond donors (Lipinski definition) is 0. The summed E-state index contributed by atoms with van der Waals surface area (Å²) in [5.41, 5.74) is 3.26. The van der Waals surface area contributed by atoms with Crippen LogP contribution in [-0.2, 0) is 25.4 Å². The Morgan fingerprint density at radius 2 is 1.77 bits per heavy atom. The Labute approximate surface area is 174 Å². The lowest BCUT2D eigenvalue weighted by Gasteiger charge is -2.11. The number of hydrogen-bond acceptors (Lipinski definition) is 4. The fourth-order valence-electron chi connectivity index (χ4n) is 3.73. The molecule has 8 nitrogen and oxygen atoms in total. The third kappa shape index (κ3) is 3.27. The number of aromatic nitrogens is 5. The number of fused-ring (bicyclic) bond motifs is 3. The lowest BCUT2D eigenvalue weighted by atomic mass is 10.1. The molecule has 0 aliphatic carbocycles. The Morgan fingerprint density at radius 1 is 1.07 bits per heavy atom. The summed E-state index contributed by atoms with van der Waals surface area (Å²) < 4.78 is 12.1. The van der Waals surface area contributed by atoms with Gasteiger partial charge in [0.25, 0.3) is 5.56 Å². The molecule has 0 fully saturated rings. The second kappa shape index (κ2) is 7.60. The molecular weight excluding hydrogens is 382 g/mol. The van der Waals surface area contributed by atoms with Crippen LogP contribution in [0.15, 0.2) is 40.1 Å². The van der Waals surface area contributed by atoms with Crippen LogP contribution in [0, 0.1) is 6.92 Å². The molecular formula is C22H27N5O3. The summed E-state index contributed by atoms with van der Waals surface area (Å²) in [5, 5.41) is 0. The quantitative estimate of drug-likeness (QED) is 0.459. The van der Waals surface area contributed by atoms with E-state index in [1.165, 1.54) is 17.2 Å². The molecule has 3 heterocycles. The number of rotatable bonds is 6. The van der Waals surface area contributed by atoms with E-state index in [9.17, 15) is 9.59 Å². The first kappa shape index (κ1) is 20.2. The first-order valence-electron chi connectivity index (χ1n) is 10.2. The molecule has 0 N–H and O–H groups in total. The number of ether oxygens (including phenoxy) is 1. The van der Waals surface area contributed by atoms with E-state index in [-0.39, 0.29) is 17.4 Å². The van der Waals surface area contributed by atoms with E-state index in [1.54, 1.807) is 11.4 Å². The van der Waals surface area contributed by atoms with E-state index in [2.05, 4.69) is 40.7 Å². The summed E-state index contributed by atoms with van der Waals surface area (Å²) in [6.45, 7) is 7.41. The molecule has 0 aliphatic heterocycles. The molecule has 30 heavy (non-hydrogen) atoms. The molecule has 0 saturated carbocycles. The maximum absolute atomic E-state index is 12.9. The summed E-state index contributed by atoms with van der Waals surface area (Å²) in [6, 6.07) is 8.28. The summed E-state index contributed by atoms with van der Waals surface area (Å²) in [7, 11) is 3.13. The van der Waals surface area contributed by atoms with Gasteiger partial charge in [0.15, 0.2) is 11.2 Å². The van der Waals surface area contributed by atoms with E-state index < -0.39 is 0 Å². The highest BCUT2D eigenvalue weighted by molar-refractivity contribution is 5.78. The molecule has 4 rings (SSSR count). The van der Waals surface area contributed by atoms with Gasteiger partial charge in [-0.05, 0) is 32.8 Å². The van der Waals surface area contributed by atoms with Crippen molar-refractivity contribution in [3.63, 3.8) is 0 Å². The number of aryl methyl sites for hydroxylation is 3. The van der Waals surface area contributed by atoms with Gasteiger partial charge in [0.05, 0.1) is 11.8 Å². The molecule has 0 radical (unpaired) electrons. The molecule has 0 atom stereocenters. The monoisotopic (exact) mass is 409 g/mol. The highest BCUT2D eigenvalue weighted by Gasteiger charge is 2.20. The van der Waals surface area contributed by atoms with Crippen LogP contribution in [0.25, 0.3) is 28.2 Å². The van der Waals surface area contributed by atoms with E-state index in [1.807, 2.05) is 20.0 Å². The molecule has 158 valence electrons. The number of imidazole rings is 2. The first-order chi connectivity index (χ1) is 14.3. The maximum atomic E-state index is 12.9. The van der Waals surface area contributed by atoms with Crippen molar-refractivity contribution in [1.82, 2.24) is 23.1 Å². The smallest absolute Gasteiger partial charge is 0.332 e. The average Bonchev–Trinajstić information content (AvgIpc) is 3.25. The lowest BCUT2D eigenvalue weighted by molar-refractivity contribution is 0.0750. The van der Waals surface area contributed by atoms with Gasteiger partial charge < -0.3 is 9.30 Å². The van der Waals surface area contributed by atoms with Gasteiger partial charge in [0.2, 0.25) is 5.78 Å². The van der Waals surface area contributed by atoms with Gasteiger partial charge in [-0.3, -0.25) is 18.3 Å². The van der Waals surface area contributed by atoms with Crippen molar-refractivity contribution >= 4 is 16.9 Å². The predicted octanol–water partition coefficient (Wildman–Crippen LogP) is 2.48. The first-order valence-corrected chi connectivity index (χ1v) is 10.2. The largest absolute Gasteiger partial charge is 0.379 e. The molecule has 8 heteroatoms. The Hall–Kier alpha value is -3.13. The van der Waals surface area contributed by atoms with Crippen LogP contribution in [-0.4, -0.2) is 35.8 Å². The van der Waals surface area contributed by atoms with Gasteiger partial charge in [-0.25, -0.2) is 4.79 Å². The Bertz CT molecular complexity index is 1340. The molecule has 4 aromatic rings. The zero-order valence-electron chi connectivity index (χ0n) is 18.0. The van der Waals surface area contributed by atoms with E-state index in [0.29, 0.717) is 30.1 Å². The summed E-state index contributed by atoms with van der Waals surface area (Å²) in [5.74, 6) is 0.642. The average molecular weight is 409 g/mol. The highest BCUT2D eigenvalue weighted by Crippen LogP contribution is 2.26. The fourth-order valence-corrected chi connectivity index (χ4v) is 3.73. The Morgan fingerprint density at radius 3 is 2.43 bits per heavy atom. The van der Waals surface area contributed by atoms with Gasteiger partial charge >= 0.3 is 5.69 Å². The molecule has 0 spiro atoms. The van der Waals surface area contributed by atoms with E-state index in [0.717, 1.165) is 22.2 Å². The van der Waals surface area contributed by atoms with Crippen LogP contribution in [0.2, 0.25) is 0 Å². The zero-order chi connectivity index (χ0) is 21.6. The summed E-state index contributed by atoms with van der Waals surface area (Å²) >= 11 is 0. The number of benzene rings is 1. The third-order valence-electron chi connectivity index (χ3n) is 5.38. The minimum Gasteiger partial charge on any atom is -0.379 e. The van der Waals surface area contributed by atoms with Crippen LogP contribution in [0.3, 0.4) is 0 Å². The molecule has 1 aromatic carbocycles. The number of nitrogens with zero attached hydrogens (tertiary/aromatic N) is 5. The van der Waals surface area contributed by atoms with Crippen molar-refractivity contribution in [3.05, 3.63) is 56.9 Å². The molecule has 0 bridgehead atoms. The molecule has 0 aliphatic rings. The van der Waals surface area contributed by atoms with E-state index >= 15 is 0 Å².